The number of benzene rings is 1. The number of unbranched alkanes of at least 4 members (excludes halogenated alkanes) is 3. The third-order valence-electron chi connectivity index (χ3n) is 5.68. The lowest BCUT2D eigenvalue weighted by molar-refractivity contribution is -0.116. The lowest BCUT2D eigenvalue weighted by Gasteiger charge is -2.08. The molecule has 9 nitrogen and oxygen atoms in total. The van der Waals surface area contributed by atoms with Crippen molar-refractivity contribution in [2.24, 2.45) is 0 Å². The fourth-order valence-corrected chi connectivity index (χ4v) is 4.46. The molecule has 0 unspecified atom stereocenters. The summed E-state index contributed by atoms with van der Waals surface area (Å²) in [5.74, 6) is 0.949. The first-order valence-corrected chi connectivity index (χ1v) is 14.1. The first kappa shape index (κ1) is 29.6. The second kappa shape index (κ2) is 16.8. The molecule has 0 saturated carbocycles. The zero-order chi connectivity index (χ0) is 27.7. The predicted octanol–water partition coefficient (Wildman–Crippen LogP) is 5.71. The Morgan fingerprint density at radius 2 is 1.72 bits per heavy atom. The van der Waals surface area contributed by atoms with Crippen LogP contribution in [0.15, 0.2) is 61.7 Å². The molecule has 0 saturated heterocycles. The largest absolute Gasteiger partial charge is 0.494 e. The van der Waals surface area contributed by atoms with Gasteiger partial charge in [0.15, 0.2) is 5.82 Å². The Hall–Kier alpha value is -3.92. The molecule has 0 aliphatic rings. The number of nitrogens with one attached hydrogen (secondary N) is 2. The van der Waals surface area contributed by atoms with Crippen molar-refractivity contribution < 1.29 is 14.3 Å². The number of hydrogen-bond acceptors (Lipinski definition) is 8. The number of carbonyl (C=O) groups excluding carboxylic acids is 2. The normalized spacial score (nSPS) is 10.6. The molecule has 0 bridgehead atoms. The fraction of sp³-hybridized carbons (Fsp3) is 0.379. The molecular weight excluding hydrogens is 512 g/mol. The highest BCUT2D eigenvalue weighted by Gasteiger charge is 2.09. The Kier molecular flexibility index (Phi) is 12.8. The highest BCUT2D eigenvalue weighted by atomic mass is 32.1. The van der Waals surface area contributed by atoms with Gasteiger partial charge in [-0.2, -0.15) is 5.10 Å². The number of rotatable bonds is 18. The van der Waals surface area contributed by atoms with E-state index in [2.05, 4.69) is 44.2 Å². The van der Waals surface area contributed by atoms with Gasteiger partial charge in [0.2, 0.25) is 16.9 Å². The minimum Gasteiger partial charge on any atom is -0.494 e. The molecule has 10 heteroatoms. The van der Waals surface area contributed by atoms with Crippen molar-refractivity contribution in [3.63, 3.8) is 0 Å². The van der Waals surface area contributed by atoms with Gasteiger partial charge >= 0.3 is 0 Å². The minimum atomic E-state index is -0.159. The number of anilines is 2. The summed E-state index contributed by atoms with van der Waals surface area (Å²) in [5.41, 5.74) is 1.73. The summed E-state index contributed by atoms with van der Waals surface area (Å²) in [6.45, 7) is 7.99. The van der Waals surface area contributed by atoms with Crippen LogP contribution in [0.3, 0.4) is 0 Å². The van der Waals surface area contributed by atoms with E-state index in [-0.39, 0.29) is 18.2 Å². The Labute approximate surface area is 233 Å². The number of nitrogens with zero attached hydrogens (tertiary/aromatic N) is 4. The third-order valence-corrected chi connectivity index (χ3v) is 6.58. The van der Waals surface area contributed by atoms with Crippen molar-refractivity contribution in [2.75, 3.05) is 17.2 Å². The topological polar surface area (TPSA) is 119 Å². The number of carbonyl (C=O) groups is 2. The third kappa shape index (κ3) is 11.6. The molecule has 0 radical (unpaired) electrons. The molecule has 1 aromatic carbocycles. The second-order valence-electron chi connectivity index (χ2n) is 9.00. The summed E-state index contributed by atoms with van der Waals surface area (Å²) in [7, 11) is 0. The maximum atomic E-state index is 12.5. The highest BCUT2D eigenvalue weighted by molar-refractivity contribution is 7.15. The molecule has 2 N–H and O–H groups in total. The van der Waals surface area contributed by atoms with Gasteiger partial charge in [-0.3, -0.25) is 9.59 Å². The van der Waals surface area contributed by atoms with E-state index in [1.54, 1.807) is 12.1 Å². The van der Waals surface area contributed by atoms with E-state index in [9.17, 15) is 9.59 Å². The van der Waals surface area contributed by atoms with Crippen LogP contribution in [0.4, 0.5) is 10.9 Å². The van der Waals surface area contributed by atoms with Gasteiger partial charge in [-0.1, -0.05) is 35.6 Å². The second-order valence-corrected chi connectivity index (χ2v) is 10.1. The summed E-state index contributed by atoms with van der Waals surface area (Å²) < 4.78 is 5.79. The molecule has 0 fully saturated rings. The Balaban J connectivity index is 1.35. The Morgan fingerprint density at radius 1 is 0.872 bits per heavy atom. The van der Waals surface area contributed by atoms with Crippen LogP contribution in [0.1, 0.15) is 61.2 Å². The van der Waals surface area contributed by atoms with Crippen LogP contribution >= 0.6 is 11.3 Å². The van der Waals surface area contributed by atoms with Gasteiger partial charge in [-0.25, -0.2) is 0 Å². The van der Waals surface area contributed by atoms with Crippen molar-refractivity contribution in [2.45, 2.75) is 64.2 Å². The van der Waals surface area contributed by atoms with Crippen LogP contribution in [0, 0.1) is 0 Å². The molecule has 2 heterocycles. The maximum Gasteiger partial charge on any atom is 0.229 e. The van der Waals surface area contributed by atoms with Gasteiger partial charge in [-0.05, 0) is 74.8 Å². The number of hydrogen-bond donors (Lipinski definition) is 2. The van der Waals surface area contributed by atoms with E-state index >= 15 is 0 Å². The predicted molar refractivity (Wildman–Crippen MR) is 155 cm³/mol. The van der Waals surface area contributed by atoms with Crippen LogP contribution in [-0.4, -0.2) is 38.8 Å². The minimum absolute atomic E-state index is 0.0827. The summed E-state index contributed by atoms with van der Waals surface area (Å²) in [6.07, 6.45) is 11.3. The summed E-state index contributed by atoms with van der Waals surface area (Å²) in [4.78, 5) is 24.3. The lowest BCUT2D eigenvalue weighted by Crippen LogP contribution is -2.16. The summed E-state index contributed by atoms with van der Waals surface area (Å²) in [6, 6.07) is 11.2. The average Bonchev–Trinajstić information content (AvgIpc) is 3.37. The van der Waals surface area contributed by atoms with E-state index in [1.807, 2.05) is 36.4 Å². The SMILES string of the molecule is C=CCCCCOc1cccc(CC(=O)Nc2ccc(CCCCc3nnc(NC(=O)CCC=C)s3)nn2)c1. The Morgan fingerprint density at radius 3 is 2.51 bits per heavy atom. The van der Waals surface area contributed by atoms with Gasteiger partial charge in [0, 0.05) is 12.8 Å². The molecule has 0 atom stereocenters. The first-order chi connectivity index (χ1) is 19.1. The van der Waals surface area contributed by atoms with Gasteiger partial charge in [0.05, 0.1) is 18.7 Å². The van der Waals surface area contributed by atoms with Crippen LogP contribution in [-0.2, 0) is 28.9 Å². The summed E-state index contributed by atoms with van der Waals surface area (Å²) >= 11 is 1.40. The monoisotopic (exact) mass is 548 g/mol. The number of aryl methyl sites for hydroxylation is 2. The first-order valence-electron chi connectivity index (χ1n) is 13.2. The molecule has 39 heavy (non-hydrogen) atoms. The molecule has 0 spiro atoms. The molecule has 206 valence electrons. The van der Waals surface area contributed by atoms with Crippen molar-refractivity contribution in [1.29, 1.82) is 0 Å². The molecule has 3 rings (SSSR count). The molecule has 3 aromatic rings. The molecular formula is C29H36N6O3S. The number of amides is 2. The maximum absolute atomic E-state index is 12.5. The average molecular weight is 549 g/mol. The van der Waals surface area contributed by atoms with Crippen LogP contribution in [0.2, 0.25) is 0 Å². The van der Waals surface area contributed by atoms with Crippen LogP contribution in [0.5, 0.6) is 5.75 Å². The van der Waals surface area contributed by atoms with Crippen molar-refractivity contribution >= 4 is 34.1 Å². The van der Waals surface area contributed by atoms with Crippen LogP contribution < -0.4 is 15.4 Å². The van der Waals surface area contributed by atoms with Crippen molar-refractivity contribution in [3.8, 4) is 5.75 Å². The van der Waals surface area contributed by atoms with Crippen LogP contribution in [0.25, 0.3) is 0 Å². The van der Waals surface area contributed by atoms with Crippen molar-refractivity contribution in [1.82, 2.24) is 20.4 Å². The van der Waals surface area contributed by atoms with Crippen molar-refractivity contribution in [3.05, 3.63) is 78.0 Å². The zero-order valence-corrected chi connectivity index (χ0v) is 23.0. The zero-order valence-electron chi connectivity index (χ0n) is 22.2. The number of ether oxygens (including phenoxy) is 1. The molecule has 0 aliphatic carbocycles. The quantitative estimate of drug-likeness (QED) is 0.154. The van der Waals surface area contributed by atoms with E-state index in [0.717, 1.165) is 67.0 Å². The fourth-order valence-electron chi connectivity index (χ4n) is 3.66. The van der Waals surface area contributed by atoms with Gasteiger partial charge in [0.1, 0.15) is 10.8 Å². The van der Waals surface area contributed by atoms with E-state index in [1.165, 1.54) is 11.3 Å². The van der Waals surface area contributed by atoms with Gasteiger partial charge < -0.3 is 15.4 Å². The van der Waals surface area contributed by atoms with Gasteiger partial charge in [0.25, 0.3) is 0 Å². The molecule has 0 aliphatic heterocycles. The Bertz CT molecular complexity index is 1210. The van der Waals surface area contributed by atoms with E-state index < -0.39 is 0 Å². The lowest BCUT2D eigenvalue weighted by atomic mass is 10.1. The number of aromatic nitrogens is 4. The van der Waals surface area contributed by atoms with E-state index in [0.29, 0.717) is 30.4 Å². The molecule has 2 amide bonds. The summed E-state index contributed by atoms with van der Waals surface area (Å²) in [5, 5.41) is 23.6. The standard InChI is InChI=1S/C29H36N6O3S/c1-3-5-7-10-19-38-24-14-11-12-22(20-24)21-27(37)30-25-18-17-23(32-33-25)13-8-9-16-28-34-35-29(39-28)31-26(36)15-6-4-2/h3-4,11-12,14,17-18,20H,1-2,5-10,13,15-16,19,21H2,(H,30,33,37)(H,31,35,36). The smallest absolute Gasteiger partial charge is 0.229 e. The highest BCUT2D eigenvalue weighted by Crippen LogP contribution is 2.18. The van der Waals surface area contributed by atoms with E-state index in [4.69, 9.17) is 4.74 Å². The number of allylic oxidation sites excluding steroid dienone is 2. The molecule has 2 aromatic heterocycles. The van der Waals surface area contributed by atoms with Gasteiger partial charge in [-0.15, -0.1) is 28.5 Å².